The second-order valence-corrected chi connectivity index (χ2v) is 1.98. The zero-order valence-corrected chi connectivity index (χ0v) is 5.51. The maximum Gasteiger partial charge on any atom is 0.320 e. The van der Waals surface area contributed by atoms with Gasteiger partial charge in [0.05, 0.1) is 1.37 Å². The molecule has 0 aliphatic heterocycles. The summed E-state index contributed by atoms with van der Waals surface area (Å²) in [6.07, 6.45) is -1.48. The molecule has 0 saturated carbocycles. The molecule has 0 fully saturated rings. The molecule has 3 atom stereocenters. The second-order valence-electron chi connectivity index (χ2n) is 1.98. The van der Waals surface area contributed by atoms with Gasteiger partial charge in [-0.1, -0.05) is 13.8 Å². The first-order valence-electron chi connectivity index (χ1n) is 4.12. The number of carboxylic acid groups (broad SMARTS) is 1. The maximum absolute atomic E-state index is 10.4. The highest BCUT2D eigenvalue weighted by Gasteiger charge is 2.11. The molecular weight excluding hydrogens is 121 g/mol. The van der Waals surface area contributed by atoms with E-state index in [4.69, 9.17) is 15.0 Å². The summed E-state index contributed by atoms with van der Waals surface area (Å²) >= 11 is 0. The Labute approximate surface area is 59.1 Å². The largest absolute Gasteiger partial charge is 0.480 e. The molecule has 3 N–H and O–H groups in total. The van der Waals surface area contributed by atoms with Crippen LogP contribution in [0.1, 0.15) is 24.4 Å². The van der Waals surface area contributed by atoms with Gasteiger partial charge in [0.1, 0.15) is 6.02 Å². The molecule has 0 spiro atoms. The number of carbonyl (C=O) groups is 1. The van der Waals surface area contributed by atoms with Gasteiger partial charge in [-0.25, -0.2) is 0 Å². The Kier molecular flexibility index (Phi) is 1.64. The van der Waals surface area contributed by atoms with Crippen LogP contribution in [0.3, 0.4) is 0 Å². The predicted octanol–water partition coefficient (Wildman–Crippen LogP) is 0.444. The van der Waals surface area contributed by atoms with E-state index in [1.54, 1.807) is 0 Å². The summed E-state index contributed by atoms with van der Waals surface area (Å²) < 4.78 is 21.7. The Hall–Kier alpha value is -0.570. The van der Waals surface area contributed by atoms with E-state index in [9.17, 15) is 4.79 Å². The van der Waals surface area contributed by atoms with Crippen LogP contribution >= 0.6 is 0 Å². The van der Waals surface area contributed by atoms with Crippen molar-refractivity contribution in [1.82, 2.24) is 0 Å². The first-order chi connectivity index (χ1) is 5.10. The van der Waals surface area contributed by atoms with Crippen LogP contribution in [0, 0.1) is 5.89 Å². The SMILES string of the molecule is [2H][13C@H](C([2H])(C)[13CH3])[C@]([2H])([15NH2])C(=O)O. The Morgan fingerprint density at radius 3 is 2.56 bits per heavy atom. The molecule has 0 rings (SSSR count). The molecule has 0 aliphatic rings. The standard InChI is InChI=1S/C6H13NO2/c1-4(2)3-5(7)6(8)9/h4-5H,3,7H2,1-2H3,(H,8,9)/t5-/m0/s1/i1+1,3+1D,4D,5D,7+1/t3-,4?,5+/m1. The molecule has 0 amide bonds. The molecular formula is C6H13NO2. The van der Waals surface area contributed by atoms with Gasteiger partial charge in [0, 0.05) is 2.74 Å². The quantitative estimate of drug-likeness (QED) is 0.438. The molecule has 0 aromatic heterocycles. The minimum absolute atomic E-state index is 1.35. The van der Waals surface area contributed by atoms with Gasteiger partial charge >= 0.3 is 5.97 Å². The van der Waals surface area contributed by atoms with Crippen LogP contribution in [-0.2, 0) is 4.79 Å². The highest BCUT2D eigenvalue weighted by atomic mass is 16.4. The third-order valence-corrected chi connectivity index (χ3v) is 0.691. The average Bonchev–Trinajstić information content (AvgIpc) is 1.83. The monoisotopic (exact) mass is 137 g/mol. The van der Waals surface area contributed by atoms with E-state index in [0.29, 0.717) is 0 Å². The van der Waals surface area contributed by atoms with E-state index < -0.39 is 24.3 Å². The number of rotatable bonds is 3. The predicted molar refractivity (Wildman–Crippen MR) is 35.1 cm³/mol. The van der Waals surface area contributed by atoms with E-state index in [1.165, 1.54) is 13.8 Å². The first-order valence-corrected chi connectivity index (χ1v) is 2.54. The Balaban J connectivity index is 4.69. The molecule has 9 heavy (non-hydrogen) atoms. The van der Waals surface area contributed by atoms with Crippen molar-refractivity contribution in [1.29, 1.82) is 0 Å². The zero-order valence-electron chi connectivity index (χ0n) is 8.51. The van der Waals surface area contributed by atoms with Crippen LogP contribution in [0.15, 0.2) is 0 Å². The van der Waals surface area contributed by atoms with Crippen molar-refractivity contribution in [3.63, 3.8) is 0 Å². The fraction of sp³-hybridized carbons (Fsp3) is 0.833. The lowest BCUT2D eigenvalue weighted by Gasteiger charge is -2.07. The summed E-state index contributed by atoms with van der Waals surface area (Å²) in [6, 6.07) is -2.41. The maximum atomic E-state index is 10.4. The highest BCUT2D eigenvalue weighted by molar-refractivity contribution is 5.72. The van der Waals surface area contributed by atoms with Crippen molar-refractivity contribution < 1.29 is 14.0 Å². The third-order valence-electron chi connectivity index (χ3n) is 0.691. The van der Waals surface area contributed by atoms with Crippen LogP contribution < -0.4 is 5.73 Å². The normalized spacial score (nSPS) is 32.1. The zero-order chi connectivity index (χ0) is 10.2. The van der Waals surface area contributed by atoms with Crippen LogP contribution in [0.25, 0.3) is 0 Å². The van der Waals surface area contributed by atoms with Crippen LogP contribution in [-0.4, -0.2) is 17.1 Å². The molecule has 0 heterocycles. The Morgan fingerprint density at radius 1 is 2.00 bits per heavy atom. The molecule has 0 aliphatic carbocycles. The topological polar surface area (TPSA) is 63.3 Å². The van der Waals surface area contributed by atoms with E-state index in [2.05, 4.69) is 0 Å². The smallest absolute Gasteiger partial charge is 0.320 e. The number of hydrogen-bond acceptors (Lipinski definition) is 2. The van der Waals surface area contributed by atoms with Gasteiger partial charge in [-0.3, -0.25) is 4.79 Å². The van der Waals surface area contributed by atoms with E-state index in [1.807, 2.05) is 0 Å². The Morgan fingerprint density at radius 2 is 2.44 bits per heavy atom. The lowest BCUT2D eigenvalue weighted by Crippen LogP contribution is -2.31. The van der Waals surface area contributed by atoms with Crippen molar-refractivity contribution >= 4 is 5.97 Å². The molecule has 0 radical (unpaired) electrons. The Bertz CT molecular complexity index is 188. The second kappa shape index (κ2) is 3.45. The average molecular weight is 137 g/mol. The minimum Gasteiger partial charge on any atom is -0.480 e. The number of carboxylic acids is 1. The fourth-order valence-corrected chi connectivity index (χ4v) is 0.373. The van der Waals surface area contributed by atoms with Crippen molar-refractivity contribution in [3.8, 4) is 0 Å². The summed E-state index contributed by atoms with van der Waals surface area (Å²) in [5, 5.41) is 8.46. The molecule has 0 bridgehead atoms. The lowest BCUT2D eigenvalue weighted by molar-refractivity contribution is -0.138. The molecule has 0 aromatic carbocycles. The van der Waals surface area contributed by atoms with Gasteiger partial charge in [-0.15, -0.1) is 0 Å². The molecule has 0 aromatic rings. The van der Waals surface area contributed by atoms with Crippen LogP contribution in [0.4, 0.5) is 0 Å². The lowest BCUT2D eigenvalue weighted by atomic mass is 10.3. The van der Waals surface area contributed by atoms with Gasteiger partial charge in [0.2, 0.25) is 0 Å². The summed E-state index contributed by atoms with van der Waals surface area (Å²) in [5.41, 5.74) is 5.05. The summed E-state index contributed by atoms with van der Waals surface area (Å²) in [7, 11) is 0. The summed E-state index contributed by atoms with van der Waals surface area (Å²) in [4.78, 5) is 10.4. The van der Waals surface area contributed by atoms with Crippen LogP contribution in [0.2, 0.25) is 0 Å². The van der Waals surface area contributed by atoms with Gasteiger partial charge < -0.3 is 10.8 Å². The van der Waals surface area contributed by atoms with E-state index in [0.717, 1.165) is 0 Å². The van der Waals surface area contributed by atoms with Crippen molar-refractivity contribution in [2.45, 2.75) is 26.3 Å². The van der Waals surface area contributed by atoms with Gasteiger partial charge in [0.25, 0.3) is 0 Å². The minimum atomic E-state index is -2.41. The fourth-order valence-electron chi connectivity index (χ4n) is 0.373. The summed E-state index contributed by atoms with van der Waals surface area (Å²) in [5.74, 6) is -2.93. The molecule has 3 heteroatoms. The number of aliphatic carboxylic acids is 1. The number of nitrogens with two attached hydrogens (primary N) is 1. The molecule has 54 valence electrons. The van der Waals surface area contributed by atoms with Crippen molar-refractivity contribution in [2.24, 2.45) is 11.6 Å². The molecule has 0 saturated heterocycles. The van der Waals surface area contributed by atoms with Crippen molar-refractivity contribution in [2.75, 3.05) is 0 Å². The molecule has 3 nitrogen and oxygen atoms in total. The summed E-state index contributed by atoms with van der Waals surface area (Å²) in [6.45, 7) is 2.70. The van der Waals surface area contributed by atoms with Gasteiger partial charge in [-0.2, -0.15) is 0 Å². The third kappa shape index (κ3) is 3.97. The van der Waals surface area contributed by atoms with Crippen LogP contribution in [0.5, 0.6) is 0 Å². The highest BCUT2D eigenvalue weighted by Crippen LogP contribution is 2.01. The van der Waals surface area contributed by atoms with E-state index in [-0.39, 0.29) is 0 Å². The molecule has 1 unspecified atom stereocenters. The first kappa shape index (κ1) is 4.28. The van der Waals surface area contributed by atoms with E-state index >= 15 is 0 Å². The van der Waals surface area contributed by atoms with Gasteiger partial charge in [-0.05, 0) is 12.3 Å². The number of hydrogen-bond donors (Lipinski definition) is 2. The van der Waals surface area contributed by atoms with Gasteiger partial charge in [0.15, 0.2) is 0 Å². The van der Waals surface area contributed by atoms with Crippen molar-refractivity contribution in [3.05, 3.63) is 0 Å².